The molecule has 118 valence electrons. The Balaban J connectivity index is 0.00000176. The van der Waals surface area contributed by atoms with Gasteiger partial charge in [0.05, 0.1) is 20.0 Å². The number of halogens is 1. The summed E-state index contributed by atoms with van der Waals surface area (Å²) in [4.78, 5) is 4.02. The van der Waals surface area contributed by atoms with Crippen LogP contribution in [0.3, 0.4) is 0 Å². The standard InChI is InChI=1S/C16H19N3O2.ClH/c1-20-15-5-2-4-13-10-14(21-16(13)15)11-17-6-3-8-19-9-7-18-12-19;/h2,4-5,7,9-10,12,17H,3,6,8,11H2,1H3;1H. The SMILES string of the molecule is COc1cccc2cc(CNCCCn3ccnc3)oc12.Cl. The number of aryl methyl sites for hydroxylation is 1. The number of benzene rings is 1. The molecule has 2 heterocycles. The van der Waals surface area contributed by atoms with Gasteiger partial charge in [-0.25, -0.2) is 4.98 Å². The Bertz CT molecular complexity index is 695. The molecule has 0 aliphatic carbocycles. The van der Waals surface area contributed by atoms with Gasteiger partial charge in [-0.3, -0.25) is 0 Å². The molecule has 0 spiro atoms. The molecule has 0 unspecified atom stereocenters. The summed E-state index contributed by atoms with van der Waals surface area (Å²) in [6.07, 6.45) is 6.67. The van der Waals surface area contributed by atoms with Crippen molar-refractivity contribution in [2.24, 2.45) is 0 Å². The summed E-state index contributed by atoms with van der Waals surface area (Å²) in [6, 6.07) is 7.97. The van der Waals surface area contributed by atoms with Crippen LogP contribution in [-0.4, -0.2) is 23.2 Å². The number of nitrogens with zero attached hydrogens (tertiary/aromatic N) is 2. The lowest BCUT2D eigenvalue weighted by molar-refractivity contribution is 0.406. The van der Waals surface area contributed by atoms with Crippen LogP contribution in [0.5, 0.6) is 5.75 Å². The quantitative estimate of drug-likeness (QED) is 0.679. The lowest BCUT2D eigenvalue weighted by Gasteiger charge is -2.03. The molecule has 1 aromatic carbocycles. The van der Waals surface area contributed by atoms with Crippen LogP contribution in [0.4, 0.5) is 0 Å². The highest BCUT2D eigenvalue weighted by Gasteiger charge is 2.07. The van der Waals surface area contributed by atoms with Gasteiger partial charge < -0.3 is 19.0 Å². The van der Waals surface area contributed by atoms with Crippen molar-refractivity contribution in [3.05, 3.63) is 48.7 Å². The first-order valence-electron chi connectivity index (χ1n) is 7.09. The number of para-hydroxylation sites is 1. The molecular formula is C16H20ClN3O2. The predicted octanol–water partition coefficient (Wildman–Crippen LogP) is 3.24. The van der Waals surface area contributed by atoms with Crippen molar-refractivity contribution in [3.63, 3.8) is 0 Å². The first kappa shape index (κ1) is 16.4. The number of nitrogens with one attached hydrogen (secondary N) is 1. The maximum absolute atomic E-state index is 5.84. The largest absolute Gasteiger partial charge is 0.493 e. The molecule has 1 N–H and O–H groups in total. The molecule has 0 amide bonds. The van der Waals surface area contributed by atoms with Crippen LogP contribution in [0, 0.1) is 0 Å². The molecule has 0 saturated heterocycles. The third-order valence-corrected chi connectivity index (χ3v) is 3.41. The number of methoxy groups -OCH3 is 1. The highest BCUT2D eigenvalue weighted by atomic mass is 35.5. The van der Waals surface area contributed by atoms with Crippen molar-refractivity contribution in [3.8, 4) is 5.75 Å². The fraction of sp³-hybridized carbons (Fsp3) is 0.312. The monoisotopic (exact) mass is 321 g/mol. The summed E-state index contributed by atoms with van der Waals surface area (Å²) in [7, 11) is 1.66. The van der Waals surface area contributed by atoms with Gasteiger partial charge in [-0.05, 0) is 25.1 Å². The van der Waals surface area contributed by atoms with Crippen LogP contribution in [0.25, 0.3) is 11.0 Å². The Morgan fingerprint density at radius 1 is 1.36 bits per heavy atom. The lowest BCUT2D eigenvalue weighted by atomic mass is 10.2. The Morgan fingerprint density at radius 2 is 2.27 bits per heavy atom. The highest BCUT2D eigenvalue weighted by Crippen LogP contribution is 2.28. The zero-order valence-corrected chi connectivity index (χ0v) is 13.3. The second kappa shape index (κ2) is 7.87. The number of hydrogen-bond acceptors (Lipinski definition) is 4. The van der Waals surface area contributed by atoms with E-state index in [4.69, 9.17) is 9.15 Å². The Kier molecular flexibility index (Phi) is 5.86. The molecule has 0 atom stereocenters. The zero-order valence-electron chi connectivity index (χ0n) is 12.5. The second-order valence-corrected chi connectivity index (χ2v) is 4.92. The molecule has 2 aromatic heterocycles. The molecule has 22 heavy (non-hydrogen) atoms. The number of furan rings is 1. The number of imidazole rings is 1. The minimum atomic E-state index is 0. The van der Waals surface area contributed by atoms with E-state index >= 15 is 0 Å². The van der Waals surface area contributed by atoms with E-state index in [2.05, 4.69) is 20.9 Å². The Hall–Kier alpha value is -1.98. The minimum absolute atomic E-state index is 0. The van der Waals surface area contributed by atoms with E-state index in [1.807, 2.05) is 30.7 Å². The maximum Gasteiger partial charge on any atom is 0.176 e. The summed E-state index contributed by atoms with van der Waals surface area (Å²) >= 11 is 0. The van der Waals surface area contributed by atoms with Crippen LogP contribution >= 0.6 is 12.4 Å². The lowest BCUT2D eigenvalue weighted by Crippen LogP contribution is -2.15. The smallest absolute Gasteiger partial charge is 0.176 e. The zero-order chi connectivity index (χ0) is 14.5. The second-order valence-electron chi connectivity index (χ2n) is 4.92. The van der Waals surface area contributed by atoms with Crippen molar-refractivity contribution in [1.82, 2.24) is 14.9 Å². The van der Waals surface area contributed by atoms with E-state index in [9.17, 15) is 0 Å². The van der Waals surface area contributed by atoms with E-state index in [0.29, 0.717) is 0 Å². The van der Waals surface area contributed by atoms with Gasteiger partial charge in [-0.2, -0.15) is 0 Å². The van der Waals surface area contributed by atoms with Gasteiger partial charge >= 0.3 is 0 Å². The van der Waals surface area contributed by atoms with Crippen LogP contribution < -0.4 is 10.1 Å². The number of fused-ring (bicyclic) bond motifs is 1. The van der Waals surface area contributed by atoms with Crippen LogP contribution in [0.15, 0.2) is 47.4 Å². The van der Waals surface area contributed by atoms with Crippen molar-refractivity contribution in [1.29, 1.82) is 0 Å². The molecule has 6 heteroatoms. The molecule has 0 aliphatic rings. The highest BCUT2D eigenvalue weighted by molar-refractivity contribution is 5.85. The third-order valence-electron chi connectivity index (χ3n) is 3.41. The van der Waals surface area contributed by atoms with Crippen molar-refractivity contribution in [2.45, 2.75) is 19.5 Å². The summed E-state index contributed by atoms with van der Waals surface area (Å²) in [5.41, 5.74) is 0.815. The van der Waals surface area contributed by atoms with Crippen molar-refractivity contribution in [2.75, 3.05) is 13.7 Å². The van der Waals surface area contributed by atoms with Crippen LogP contribution in [0.1, 0.15) is 12.2 Å². The average molecular weight is 322 g/mol. The summed E-state index contributed by atoms with van der Waals surface area (Å²) in [5.74, 6) is 1.70. The molecule has 5 nitrogen and oxygen atoms in total. The first-order valence-corrected chi connectivity index (χ1v) is 7.09. The van der Waals surface area contributed by atoms with Crippen molar-refractivity contribution < 1.29 is 9.15 Å². The Morgan fingerprint density at radius 3 is 3.05 bits per heavy atom. The normalized spacial score (nSPS) is 10.6. The molecule has 0 radical (unpaired) electrons. The molecule has 0 aliphatic heterocycles. The predicted molar refractivity (Wildman–Crippen MR) is 88.6 cm³/mol. The number of ether oxygens (including phenoxy) is 1. The van der Waals surface area contributed by atoms with E-state index < -0.39 is 0 Å². The Labute approximate surface area is 135 Å². The van der Waals surface area contributed by atoms with Gasteiger partial charge in [-0.15, -0.1) is 12.4 Å². The van der Waals surface area contributed by atoms with Gasteiger partial charge in [0.15, 0.2) is 11.3 Å². The summed E-state index contributed by atoms with van der Waals surface area (Å²) < 4.78 is 13.2. The van der Waals surface area contributed by atoms with Gasteiger partial charge in [-0.1, -0.05) is 12.1 Å². The van der Waals surface area contributed by atoms with Crippen molar-refractivity contribution >= 4 is 23.4 Å². The summed E-state index contributed by atoms with van der Waals surface area (Å²) in [6.45, 7) is 2.63. The topological polar surface area (TPSA) is 52.2 Å². The molecule has 3 rings (SSSR count). The third kappa shape index (κ3) is 3.81. The summed E-state index contributed by atoms with van der Waals surface area (Å²) in [5, 5.41) is 4.47. The van der Waals surface area contributed by atoms with Gasteiger partial charge in [0.1, 0.15) is 5.76 Å². The van der Waals surface area contributed by atoms with E-state index in [1.165, 1.54) is 0 Å². The number of aromatic nitrogens is 2. The van der Waals surface area contributed by atoms with Gasteiger partial charge in [0.25, 0.3) is 0 Å². The van der Waals surface area contributed by atoms with E-state index in [-0.39, 0.29) is 12.4 Å². The number of hydrogen-bond donors (Lipinski definition) is 1. The van der Waals surface area contributed by atoms with Crippen LogP contribution in [-0.2, 0) is 13.1 Å². The molecule has 0 bridgehead atoms. The average Bonchev–Trinajstić information content (AvgIpc) is 3.15. The van der Waals surface area contributed by atoms with E-state index in [0.717, 1.165) is 48.5 Å². The van der Waals surface area contributed by atoms with Gasteiger partial charge in [0, 0.05) is 24.3 Å². The first-order chi connectivity index (χ1) is 10.4. The minimum Gasteiger partial charge on any atom is -0.493 e. The molecular weight excluding hydrogens is 302 g/mol. The fourth-order valence-electron chi connectivity index (χ4n) is 2.35. The maximum atomic E-state index is 5.84. The van der Waals surface area contributed by atoms with Gasteiger partial charge in [0.2, 0.25) is 0 Å². The molecule has 0 fully saturated rings. The molecule has 0 saturated carbocycles. The number of rotatable bonds is 7. The fourth-order valence-corrected chi connectivity index (χ4v) is 2.35. The van der Waals surface area contributed by atoms with Crippen LogP contribution in [0.2, 0.25) is 0 Å². The molecule has 3 aromatic rings. The van der Waals surface area contributed by atoms with E-state index in [1.54, 1.807) is 13.3 Å².